The summed E-state index contributed by atoms with van der Waals surface area (Å²) >= 11 is 7.68. The highest BCUT2D eigenvalue weighted by molar-refractivity contribution is 14.1. The number of rotatable bonds is 6. The average molecular weight is 635 g/mol. The van der Waals surface area contributed by atoms with Gasteiger partial charge in [0.2, 0.25) is 0 Å². The first kappa shape index (κ1) is 20.9. The van der Waals surface area contributed by atoms with E-state index in [2.05, 4.69) is 73.0 Å². The summed E-state index contributed by atoms with van der Waals surface area (Å²) < 4.78 is 8.34. The molecule has 0 atom stereocenters. The first-order valence-corrected chi connectivity index (χ1v) is 10.3. The Morgan fingerprint density at radius 1 is 1.27 bits per heavy atom. The molecule has 0 aromatic heterocycles. The van der Waals surface area contributed by atoms with E-state index in [1.54, 1.807) is 24.3 Å². The lowest BCUT2D eigenvalue weighted by atomic mass is 10.1. The number of carbonyl (C=O) groups excluding carboxylic acids is 1. The van der Waals surface area contributed by atoms with E-state index in [0.717, 1.165) is 22.9 Å². The fourth-order valence-corrected chi connectivity index (χ4v) is 4.38. The Kier molecular flexibility index (Phi) is 8.12. The molecule has 0 fully saturated rings. The normalized spacial score (nSPS) is 10.8. The number of ether oxygens (including phenoxy) is 1. The van der Waals surface area contributed by atoms with Crippen molar-refractivity contribution in [2.24, 2.45) is 0 Å². The summed E-state index contributed by atoms with van der Waals surface area (Å²) in [6.07, 6.45) is 3.25. The number of benzene rings is 2. The molecule has 7 heteroatoms. The molecule has 0 aliphatic heterocycles. The van der Waals surface area contributed by atoms with E-state index in [4.69, 9.17) is 4.74 Å². The van der Waals surface area contributed by atoms with E-state index < -0.39 is 5.91 Å². The van der Waals surface area contributed by atoms with Gasteiger partial charge in [-0.15, -0.1) is 0 Å². The van der Waals surface area contributed by atoms with Gasteiger partial charge in [0.1, 0.15) is 24.0 Å². The summed E-state index contributed by atoms with van der Waals surface area (Å²) in [7, 11) is 0. The molecule has 1 amide bonds. The molecule has 2 aromatic rings. The number of halogens is 3. The Hall–Kier alpha value is -1.38. The highest BCUT2D eigenvalue weighted by atomic mass is 127. The lowest BCUT2D eigenvalue weighted by Crippen LogP contribution is -2.13. The van der Waals surface area contributed by atoms with Gasteiger partial charge in [0.05, 0.1) is 7.14 Å². The van der Waals surface area contributed by atoms with Crippen LogP contribution in [0.2, 0.25) is 0 Å². The predicted octanol–water partition coefficient (Wildman–Crippen LogP) is 5.77. The third-order valence-electron chi connectivity index (χ3n) is 3.14. The van der Waals surface area contributed by atoms with Crippen molar-refractivity contribution >= 4 is 78.8 Å². The first-order chi connectivity index (χ1) is 12.4. The molecule has 0 aliphatic carbocycles. The first-order valence-electron chi connectivity index (χ1n) is 7.36. The molecule has 0 saturated heterocycles. The van der Waals surface area contributed by atoms with Crippen LogP contribution >= 0.6 is 61.1 Å². The second-order valence-electron chi connectivity index (χ2n) is 5.04. The van der Waals surface area contributed by atoms with E-state index in [1.165, 1.54) is 0 Å². The third kappa shape index (κ3) is 5.82. The fourth-order valence-electron chi connectivity index (χ4n) is 1.99. The van der Waals surface area contributed by atoms with Crippen molar-refractivity contribution in [3.05, 3.63) is 71.8 Å². The van der Waals surface area contributed by atoms with Crippen molar-refractivity contribution in [2.75, 3.05) is 11.9 Å². The second kappa shape index (κ2) is 10.1. The molecule has 4 nitrogen and oxygen atoms in total. The second-order valence-corrected chi connectivity index (χ2v) is 8.28. The molecule has 0 aliphatic rings. The van der Waals surface area contributed by atoms with Crippen LogP contribution < -0.4 is 10.1 Å². The maximum absolute atomic E-state index is 12.4. The number of carbonyl (C=O) groups is 1. The van der Waals surface area contributed by atoms with E-state index in [1.807, 2.05) is 30.3 Å². The molecule has 26 heavy (non-hydrogen) atoms. The monoisotopic (exact) mass is 634 g/mol. The Bertz CT molecular complexity index is 880. The van der Waals surface area contributed by atoms with Crippen molar-refractivity contribution in [3.8, 4) is 11.8 Å². The number of anilines is 1. The van der Waals surface area contributed by atoms with Crippen LogP contribution in [0.15, 0.2) is 59.1 Å². The molecular weight excluding hydrogens is 622 g/mol. The van der Waals surface area contributed by atoms with Crippen molar-refractivity contribution < 1.29 is 9.53 Å². The molecular formula is C19H13BrI2N2O2. The molecule has 2 rings (SSSR count). The number of hydrogen-bond acceptors (Lipinski definition) is 3. The molecule has 0 saturated carbocycles. The maximum atomic E-state index is 12.4. The van der Waals surface area contributed by atoms with Crippen LogP contribution in [0.5, 0.6) is 5.75 Å². The smallest absolute Gasteiger partial charge is 0.266 e. The van der Waals surface area contributed by atoms with Crippen molar-refractivity contribution in [3.63, 3.8) is 0 Å². The van der Waals surface area contributed by atoms with Gasteiger partial charge in [0.15, 0.2) is 0 Å². The number of amides is 1. The average Bonchev–Trinajstić information content (AvgIpc) is 2.61. The minimum atomic E-state index is -0.452. The van der Waals surface area contributed by atoms with E-state index in [-0.39, 0.29) is 5.57 Å². The quantitative estimate of drug-likeness (QED) is 0.190. The van der Waals surface area contributed by atoms with Crippen LogP contribution in [0, 0.1) is 18.5 Å². The standard InChI is InChI=1S/C19H13BrI2N2O2/c1-2-7-26-18-16(21)9-12(10-17(18)22)8-13(11-23)19(25)24-15-5-3-14(20)4-6-15/h2-6,8-10H,1,7H2,(H,24,25)/b13-8-. The van der Waals surface area contributed by atoms with Gasteiger partial charge in [-0.3, -0.25) is 4.79 Å². The largest absolute Gasteiger partial charge is 0.487 e. The lowest BCUT2D eigenvalue weighted by Gasteiger charge is -2.10. The number of nitriles is 1. The van der Waals surface area contributed by atoms with E-state index in [9.17, 15) is 10.1 Å². The maximum Gasteiger partial charge on any atom is 0.266 e. The molecule has 132 valence electrons. The minimum Gasteiger partial charge on any atom is -0.487 e. The molecule has 0 heterocycles. The van der Waals surface area contributed by atoms with Gasteiger partial charge in [-0.2, -0.15) is 5.26 Å². The van der Waals surface area contributed by atoms with Crippen molar-refractivity contribution in [1.82, 2.24) is 0 Å². The summed E-state index contributed by atoms with van der Waals surface area (Å²) in [6.45, 7) is 4.06. The summed E-state index contributed by atoms with van der Waals surface area (Å²) in [4.78, 5) is 12.4. The number of nitrogens with one attached hydrogen (secondary N) is 1. The van der Waals surface area contributed by atoms with Crippen LogP contribution in [-0.4, -0.2) is 12.5 Å². The summed E-state index contributed by atoms with van der Waals surface area (Å²) in [5.74, 6) is 0.313. The molecule has 2 aromatic carbocycles. The summed E-state index contributed by atoms with van der Waals surface area (Å²) in [5, 5.41) is 12.1. The van der Waals surface area contributed by atoms with Crippen LogP contribution in [0.4, 0.5) is 5.69 Å². The fraction of sp³-hybridized carbons (Fsp3) is 0.0526. The zero-order valence-electron chi connectivity index (χ0n) is 13.4. The number of nitrogens with zero attached hydrogens (tertiary/aromatic N) is 1. The van der Waals surface area contributed by atoms with Crippen molar-refractivity contribution in [1.29, 1.82) is 5.26 Å². The lowest BCUT2D eigenvalue weighted by molar-refractivity contribution is -0.112. The number of hydrogen-bond donors (Lipinski definition) is 1. The molecule has 1 N–H and O–H groups in total. The zero-order valence-corrected chi connectivity index (χ0v) is 19.3. The highest BCUT2D eigenvalue weighted by Gasteiger charge is 2.12. The van der Waals surface area contributed by atoms with Gasteiger partial charge in [0.25, 0.3) is 5.91 Å². The SMILES string of the molecule is C=CCOc1c(I)cc(/C=C(/C#N)C(=O)Nc2ccc(Br)cc2)cc1I. The Balaban J connectivity index is 2.24. The van der Waals surface area contributed by atoms with Crippen LogP contribution in [0.3, 0.4) is 0 Å². The van der Waals surface area contributed by atoms with Gasteiger partial charge >= 0.3 is 0 Å². The van der Waals surface area contributed by atoms with Gasteiger partial charge in [-0.25, -0.2) is 0 Å². The van der Waals surface area contributed by atoms with Crippen LogP contribution in [-0.2, 0) is 4.79 Å². The van der Waals surface area contributed by atoms with E-state index >= 15 is 0 Å². The van der Waals surface area contributed by atoms with Crippen LogP contribution in [0.25, 0.3) is 6.08 Å². The predicted molar refractivity (Wildman–Crippen MR) is 124 cm³/mol. The molecule has 0 spiro atoms. The minimum absolute atomic E-state index is 0.0271. The zero-order chi connectivity index (χ0) is 19.1. The topological polar surface area (TPSA) is 62.1 Å². The van der Waals surface area contributed by atoms with Crippen LogP contribution in [0.1, 0.15) is 5.56 Å². The Morgan fingerprint density at radius 2 is 1.88 bits per heavy atom. The Labute approximate surface area is 187 Å². The molecule has 0 unspecified atom stereocenters. The Morgan fingerprint density at radius 3 is 2.42 bits per heavy atom. The van der Waals surface area contributed by atoms with Gasteiger partial charge < -0.3 is 10.1 Å². The third-order valence-corrected chi connectivity index (χ3v) is 5.28. The summed E-state index contributed by atoms with van der Waals surface area (Å²) in [6, 6.07) is 12.8. The highest BCUT2D eigenvalue weighted by Crippen LogP contribution is 2.30. The summed E-state index contributed by atoms with van der Waals surface area (Å²) in [5.41, 5.74) is 1.41. The van der Waals surface area contributed by atoms with Gasteiger partial charge in [-0.1, -0.05) is 28.6 Å². The van der Waals surface area contributed by atoms with Gasteiger partial charge in [0, 0.05) is 10.2 Å². The van der Waals surface area contributed by atoms with Crippen molar-refractivity contribution in [2.45, 2.75) is 0 Å². The molecule has 0 radical (unpaired) electrons. The van der Waals surface area contributed by atoms with Gasteiger partial charge in [-0.05, 0) is 93.2 Å². The van der Waals surface area contributed by atoms with E-state index in [0.29, 0.717) is 12.3 Å². The molecule has 0 bridgehead atoms.